The molecular formula is C10H20N2O3S. The Bertz CT molecular complexity index is 321. The fraction of sp³-hybridized carbons (Fsp3) is 0.900. The zero-order valence-corrected chi connectivity index (χ0v) is 10.5. The highest BCUT2D eigenvalue weighted by atomic mass is 32.2. The van der Waals surface area contributed by atoms with E-state index in [1.807, 2.05) is 0 Å². The molecule has 94 valence electrons. The second kappa shape index (κ2) is 6.20. The summed E-state index contributed by atoms with van der Waals surface area (Å²) in [5.74, 6) is -0.747. The number of amides is 1. The molecule has 1 aliphatic rings. The van der Waals surface area contributed by atoms with Crippen LogP contribution >= 0.6 is 0 Å². The van der Waals surface area contributed by atoms with Crippen molar-refractivity contribution in [2.24, 2.45) is 0 Å². The third-order valence-corrected chi connectivity index (χ3v) is 4.99. The summed E-state index contributed by atoms with van der Waals surface area (Å²) in [6.45, 7) is 1.12. The minimum Gasteiger partial charge on any atom is -0.354 e. The van der Waals surface area contributed by atoms with E-state index in [-0.39, 0.29) is 16.9 Å². The van der Waals surface area contributed by atoms with E-state index in [9.17, 15) is 13.2 Å². The molecule has 1 saturated carbocycles. The van der Waals surface area contributed by atoms with Crippen LogP contribution < -0.4 is 10.6 Å². The van der Waals surface area contributed by atoms with E-state index in [0.717, 1.165) is 12.8 Å². The first kappa shape index (κ1) is 13.4. The third-order valence-electron chi connectivity index (χ3n) is 2.84. The topological polar surface area (TPSA) is 75.3 Å². The van der Waals surface area contributed by atoms with Gasteiger partial charge in [0.2, 0.25) is 5.91 Å². The molecule has 1 aliphatic carbocycles. The molecule has 1 fully saturated rings. The molecule has 0 aliphatic heterocycles. The van der Waals surface area contributed by atoms with Crippen molar-refractivity contribution in [2.75, 3.05) is 25.9 Å². The number of sulfone groups is 1. The van der Waals surface area contributed by atoms with Crippen molar-refractivity contribution in [3.8, 4) is 0 Å². The highest BCUT2D eigenvalue weighted by Crippen LogP contribution is 2.24. The smallest absolute Gasteiger partial charge is 0.235 e. The number of nitrogens with one attached hydrogen (secondary N) is 2. The zero-order chi connectivity index (χ0) is 12.0. The minimum atomic E-state index is -3.23. The highest BCUT2D eigenvalue weighted by molar-refractivity contribution is 7.92. The number of carbonyl (C=O) groups excluding carboxylic acids is 1. The molecule has 0 spiro atoms. The van der Waals surface area contributed by atoms with Crippen LogP contribution in [0.25, 0.3) is 0 Å². The Labute approximate surface area is 96.9 Å². The lowest BCUT2D eigenvalue weighted by Gasteiger charge is -2.10. The predicted molar refractivity (Wildman–Crippen MR) is 63.0 cm³/mol. The molecule has 0 aromatic rings. The fourth-order valence-electron chi connectivity index (χ4n) is 1.93. The average molecular weight is 248 g/mol. The first-order chi connectivity index (χ1) is 7.56. The molecule has 1 rings (SSSR count). The summed E-state index contributed by atoms with van der Waals surface area (Å²) in [6.07, 6.45) is 3.36. The van der Waals surface area contributed by atoms with Crippen LogP contribution in [-0.4, -0.2) is 45.5 Å². The summed E-state index contributed by atoms with van der Waals surface area (Å²) >= 11 is 0. The van der Waals surface area contributed by atoms with Crippen molar-refractivity contribution in [3.63, 3.8) is 0 Å². The Kier molecular flexibility index (Phi) is 5.21. The summed E-state index contributed by atoms with van der Waals surface area (Å²) in [4.78, 5) is 11.4. The molecule has 0 radical (unpaired) electrons. The molecule has 2 N–H and O–H groups in total. The fourth-order valence-corrected chi connectivity index (χ4v) is 3.68. The van der Waals surface area contributed by atoms with Gasteiger partial charge in [0.25, 0.3) is 0 Å². The van der Waals surface area contributed by atoms with Crippen molar-refractivity contribution >= 4 is 15.7 Å². The van der Waals surface area contributed by atoms with Gasteiger partial charge in [-0.05, 0) is 19.9 Å². The molecule has 0 heterocycles. The Morgan fingerprint density at radius 3 is 2.44 bits per heavy atom. The molecule has 6 heteroatoms. The van der Waals surface area contributed by atoms with Crippen molar-refractivity contribution in [1.29, 1.82) is 0 Å². The molecule has 1 amide bonds. The molecule has 0 atom stereocenters. The van der Waals surface area contributed by atoms with E-state index in [4.69, 9.17) is 0 Å². The Balaban J connectivity index is 2.36. The van der Waals surface area contributed by atoms with E-state index in [2.05, 4.69) is 10.6 Å². The largest absolute Gasteiger partial charge is 0.354 e. The van der Waals surface area contributed by atoms with E-state index in [1.165, 1.54) is 0 Å². The van der Waals surface area contributed by atoms with Crippen LogP contribution in [0.4, 0.5) is 0 Å². The first-order valence-corrected chi connectivity index (χ1v) is 7.40. The quantitative estimate of drug-likeness (QED) is 0.632. The number of hydrogen-bond donors (Lipinski definition) is 2. The molecule has 0 unspecified atom stereocenters. The Morgan fingerprint density at radius 1 is 1.25 bits per heavy atom. The van der Waals surface area contributed by atoms with E-state index < -0.39 is 9.84 Å². The molecule has 16 heavy (non-hydrogen) atoms. The Morgan fingerprint density at radius 2 is 1.88 bits per heavy atom. The van der Waals surface area contributed by atoms with Crippen molar-refractivity contribution in [2.45, 2.75) is 30.9 Å². The molecule has 5 nitrogen and oxygen atoms in total. The van der Waals surface area contributed by atoms with Crippen molar-refractivity contribution in [3.05, 3.63) is 0 Å². The van der Waals surface area contributed by atoms with Crippen molar-refractivity contribution in [1.82, 2.24) is 10.6 Å². The maximum Gasteiger partial charge on any atom is 0.235 e. The second-order valence-corrected chi connectivity index (χ2v) is 6.45. The number of rotatable bonds is 6. The van der Waals surface area contributed by atoms with Gasteiger partial charge in [-0.25, -0.2) is 8.42 Å². The van der Waals surface area contributed by atoms with Gasteiger partial charge >= 0.3 is 0 Å². The van der Waals surface area contributed by atoms with Gasteiger partial charge in [-0.1, -0.05) is 12.8 Å². The van der Waals surface area contributed by atoms with E-state index in [0.29, 0.717) is 25.9 Å². The summed E-state index contributed by atoms with van der Waals surface area (Å²) in [7, 11) is -1.45. The first-order valence-electron chi connectivity index (χ1n) is 5.69. The van der Waals surface area contributed by atoms with Gasteiger partial charge in [0.05, 0.1) is 5.25 Å². The Hall–Kier alpha value is -0.620. The van der Waals surface area contributed by atoms with Gasteiger partial charge in [-0.3, -0.25) is 4.79 Å². The van der Waals surface area contributed by atoms with Crippen LogP contribution in [0.2, 0.25) is 0 Å². The number of hydrogen-bond acceptors (Lipinski definition) is 4. The zero-order valence-electron chi connectivity index (χ0n) is 9.66. The molecule has 0 saturated heterocycles. The monoisotopic (exact) mass is 248 g/mol. The van der Waals surface area contributed by atoms with Crippen LogP contribution in [0, 0.1) is 0 Å². The summed E-state index contributed by atoms with van der Waals surface area (Å²) in [5, 5.41) is 5.17. The standard InChI is InChI=1S/C10H20N2O3S/c1-11-6-7-12-10(13)8-16(14,15)9-4-2-3-5-9/h9,11H,2-8H2,1H3,(H,12,13). The maximum absolute atomic E-state index is 11.8. The van der Waals surface area contributed by atoms with Gasteiger partial charge in [0.15, 0.2) is 9.84 Å². The minimum absolute atomic E-state index is 0.289. The van der Waals surface area contributed by atoms with Gasteiger partial charge < -0.3 is 10.6 Å². The summed E-state index contributed by atoms with van der Waals surface area (Å²) < 4.78 is 23.6. The normalized spacial score (nSPS) is 17.6. The van der Waals surface area contributed by atoms with Crippen LogP contribution in [-0.2, 0) is 14.6 Å². The lowest BCUT2D eigenvalue weighted by atomic mass is 10.4. The molecule has 0 aromatic heterocycles. The number of carbonyl (C=O) groups is 1. The van der Waals surface area contributed by atoms with Crippen LogP contribution in [0.5, 0.6) is 0 Å². The average Bonchev–Trinajstić information content (AvgIpc) is 2.70. The highest BCUT2D eigenvalue weighted by Gasteiger charge is 2.30. The second-order valence-electron chi connectivity index (χ2n) is 4.17. The molecule has 0 aromatic carbocycles. The molecular weight excluding hydrogens is 228 g/mol. The van der Waals surface area contributed by atoms with E-state index in [1.54, 1.807) is 7.05 Å². The summed E-state index contributed by atoms with van der Waals surface area (Å²) in [6, 6.07) is 0. The van der Waals surface area contributed by atoms with Crippen LogP contribution in [0.3, 0.4) is 0 Å². The van der Waals surface area contributed by atoms with Gasteiger partial charge in [0, 0.05) is 13.1 Å². The van der Waals surface area contributed by atoms with Crippen LogP contribution in [0.15, 0.2) is 0 Å². The predicted octanol–water partition coefficient (Wildman–Crippen LogP) is -0.321. The van der Waals surface area contributed by atoms with Crippen LogP contribution in [0.1, 0.15) is 25.7 Å². The van der Waals surface area contributed by atoms with Gasteiger partial charge in [-0.15, -0.1) is 0 Å². The van der Waals surface area contributed by atoms with Crippen molar-refractivity contribution < 1.29 is 13.2 Å². The van der Waals surface area contributed by atoms with Gasteiger partial charge in [0.1, 0.15) is 5.75 Å². The summed E-state index contributed by atoms with van der Waals surface area (Å²) in [5.41, 5.74) is 0. The number of likely N-dealkylation sites (N-methyl/N-ethyl adjacent to an activating group) is 1. The lowest BCUT2D eigenvalue weighted by molar-refractivity contribution is -0.118. The third kappa shape index (κ3) is 4.09. The maximum atomic E-state index is 11.8. The van der Waals surface area contributed by atoms with Gasteiger partial charge in [-0.2, -0.15) is 0 Å². The SMILES string of the molecule is CNCCNC(=O)CS(=O)(=O)C1CCCC1. The van der Waals surface area contributed by atoms with E-state index >= 15 is 0 Å². The lowest BCUT2D eigenvalue weighted by Crippen LogP contribution is -2.37. The molecule has 0 bridgehead atoms.